The van der Waals surface area contributed by atoms with Gasteiger partial charge in [-0.15, -0.1) is 0 Å². The van der Waals surface area contributed by atoms with Crippen molar-refractivity contribution in [3.63, 3.8) is 0 Å². The summed E-state index contributed by atoms with van der Waals surface area (Å²) in [4.78, 5) is 15.8. The van der Waals surface area contributed by atoms with Crippen molar-refractivity contribution in [1.82, 2.24) is 4.98 Å². The first-order valence-corrected chi connectivity index (χ1v) is 5.70. The van der Waals surface area contributed by atoms with Gasteiger partial charge in [0.2, 0.25) is 5.91 Å². The van der Waals surface area contributed by atoms with Crippen LogP contribution in [0.25, 0.3) is 0 Å². The summed E-state index contributed by atoms with van der Waals surface area (Å²) in [6, 6.07) is 5.35. The van der Waals surface area contributed by atoms with Crippen LogP contribution in [-0.2, 0) is 9.53 Å². The number of ether oxygens (including phenoxy) is 1. The maximum absolute atomic E-state index is 11.7. The molecule has 1 heterocycles. The van der Waals surface area contributed by atoms with E-state index >= 15 is 0 Å². The molecule has 0 saturated heterocycles. The van der Waals surface area contributed by atoms with E-state index in [9.17, 15) is 4.79 Å². The summed E-state index contributed by atoms with van der Waals surface area (Å²) >= 11 is 3.24. The van der Waals surface area contributed by atoms with Crippen LogP contribution in [0.2, 0.25) is 0 Å². The van der Waals surface area contributed by atoms with Gasteiger partial charge in [0.1, 0.15) is 10.4 Å². The van der Waals surface area contributed by atoms with Crippen molar-refractivity contribution in [3.05, 3.63) is 22.8 Å². The highest BCUT2D eigenvalue weighted by atomic mass is 79.9. The van der Waals surface area contributed by atoms with Crippen molar-refractivity contribution in [3.8, 4) is 0 Å². The minimum Gasteiger partial charge on any atom is -0.378 e. The molecular formula is C11H15BrN2O2. The van der Waals surface area contributed by atoms with Crippen molar-refractivity contribution >= 4 is 27.7 Å². The van der Waals surface area contributed by atoms with Crippen LogP contribution in [0.3, 0.4) is 0 Å². The molecule has 5 heteroatoms. The second-order valence-corrected chi connectivity index (χ2v) is 4.85. The number of hydrogen-bond acceptors (Lipinski definition) is 3. The highest BCUT2D eigenvalue weighted by Gasteiger charge is 2.21. The van der Waals surface area contributed by atoms with Crippen molar-refractivity contribution in [2.24, 2.45) is 0 Å². The first-order valence-electron chi connectivity index (χ1n) is 4.90. The van der Waals surface area contributed by atoms with Gasteiger partial charge in [-0.05, 0) is 41.9 Å². The molecule has 1 amide bonds. The van der Waals surface area contributed by atoms with Gasteiger partial charge in [0.05, 0.1) is 12.0 Å². The maximum Gasteiger partial charge on any atom is 0.228 e. The molecule has 0 unspecified atom stereocenters. The van der Waals surface area contributed by atoms with Gasteiger partial charge in [0.15, 0.2) is 0 Å². The van der Waals surface area contributed by atoms with E-state index in [1.807, 2.05) is 19.9 Å². The van der Waals surface area contributed by atoms with Gasteiger partial charge < -0.3 is 10.1 Å². The summed E-state index contributed by atoms with van der Waals surface area (Å²) < 4.78 is 5.87. The number of amides is 1. The molecule has 1 aromatic heterocycles. The fourth-order valence-electron chi connectivity index (χ4n) is 1.12. The summed E-state index contributed by atoms with van der Waals surface area (Å²) in [5.41, 5.74) is -0.462. The number of nitrogens with one attached hydrogen (secondary N) is 1. The van der Waals surface area contributed by atoms with Crippen LogP contribution in [0.4, 0.5) is 5.82 Å². The van der Waals surface area contributed by atoms with E-state index < -0.39 is 5.60 Å². The first-order chi connectivity index (χ1) is 7.43. The van der Waals surface area contributed by atoms with E-state index in [4.69, 9.17) is 4.74 Å². The lowest BCUT2D eigenvalue weighted by atomic mass is 10.1. The Labute approximate surface area is 104 Å². The Morgan fingerprint density at radius 3 is 2.81 bits per heavy atom. The number of carbonyl (C=O) groups excluding carboxylic acids is 1. The zero-order valence-corrected chi connectivity index (χ0v) is 11.2. The largest absolute Gasteiger partial charge is 0.378 e. The van der Waals surface area contributed by atoms with Crippen molar-refractivity contribution < 1.29 is 9.53 Å². The molecule has 0 aromatic carbocycles. The summed E-state index contributed by atoms with van der Waals surface area (Å²) in [6.07, 6.45) is 0.289. The number of pyridine rings is 1. The minimum absolute atomic E-state index is 0.113. The Morgan fingerprint density at radius 2 is 2.25 bits per heavy atom. The smallest absolute Gasteiger partial charge is 0.228 e. The second kappa shape index (κ2) is 5.41. The average molecular weight is 287 g/mol. The molecule has 0 aliphatic heterocycles. The summed E-state index contributed by atoms with van der Waals surface area (Å²) in [7, 11) is 1.59. The molecule has 1 rings (SSSR count). The van der Waals surface area contributed by atoms with E-state index in [2.05, 4.69) is 26.2 Å². The quantitative estimate of drug-likeness (QED) is 0.866. The third-order valence-electron chi connectivity index (χ3n) is 2.12. The zero-order chi connectivity index (χ0) is 12.2. The van der Waals surface area contributed by atoms with Crippen LogP contribution in [0.5, 0.6) is 0 Å². The van der Waals surface area contributed by atoms with Crippen molar-refractivity contribution in [2.75, 3.05) is 12.4 Å². The monoisotopic (exact) mass is 286 g/mol. The van der Waals surface area contributed by atoms with E-state index in [0.717, 1.165) is 0 Å². The molecule has 1 aromatic rings. The number of anilines is 1. The molecular weight excluding hydrogens is 272 g/mol. The lowest BCUT2D eigenvalue weighted by Crippen LogP contribution is -2.29. The van der Waals surface area contributed by atoms with Gasteiger partial charge in [0.25, 0.3) is 0 Å². The van der Waals surface area contributed by atoms with Gasteiger partial charge >= 0.3 is 0 Å². The molecule has 0 fully saturated rings. The number of hydrogen-bond donors (Lipinski definition) is 1. The van der Waals surface area contributed by atoms with Gasteiger partial charge in [-0.1, -0.05) is 6.07 Å². The molecule has 0 spiro atoms. The fourth-order valence-corrected chi connectivity index (χ4v) is 1.47. The Kier molecular flexibility index (Phi) is 4.44. The Hall–Kier alpha value is -0.940. The lowest BCUT2D eigenvalue weighted by molar-refractivity contribution is -0.121. The van der Waals surface area contributed by atoms with Gasteiger partial charge in [-0.3, -0.25) is 4.79 Å². The zero-order valence-electron chi connectivity index (χ0n) is 9.58. The number of halogens is 1. The van der Waals surface area contributed by atoms with Crippen molar-refractivity contribution in [2.45, 2.75) is 25.9 Å². The van der Waals surface area contributed by atoms with E-state index in [1.165, 1.54) is 0 Å². The Morgan fingerprint density at radius 1 is 1.56 bits per heavy atom. The standard InChI is InChI=1S/C11H15BrN2O2/c1-11(2,16-3)7-10(15)14-9-6-4-5-8(12)13-9/h4-6H,7H2,1-3H3,(H,13,14,15). The predicted molar refractivity (Wildman–Crippen MR) is 66.3 cm³/mol. The molecule has 0 aliphatic carbocycles. The van der Waals surface area contributed by atoms with Gasteiger partial charge in [-0.2, -0.15) is 0 Å². The van der Waals surface area contributed by atoms with E-state index in [1.54, 1.807) is 19.2 Å². The van der Waals surface area contributed by atoms with Crippen LogP contribution >= 0.6 is 15.9 Å². The molecule has 88 valence electrons. The number of nitrogens with zero attached hydrogens (tertiary/aromatic N) is 1. The van der Waals surface area contributed by atoms with Crippen LogP contribution in [0.1, 0.15) is 20.3 Å². The van der Waals surface area contributed by atoms with Crippen LogP contribution < -0.4 is 5.32 Å². The van der Waals surface area contributed by atoms with E-state index in [0.29, 0.717) is 10.4 Å². The van der Waals surface area contributed by atoms with Gasteiger partial charge in [0, 0.05) is 7.11 Å². The topological polar surface area (TPSA) is 51.2 Å². The second-order valence-electron chi connectivity index (χ2n) is 4.03. The molecule has 0 bridgehead atoms. The third kappa shape index (κ3) is 4.28. The molecule has 16 heavy (non-hydrogen) atoms. The number of rotatable bonds is 4. The fraction of sp³-hybridized carbons (Fsp3) is 0.455. The van der Waals surface area contributed by atoms with Gasteiger partial charge in [-0.25, -0.2) is 4.98 Å². The third-order valence-corrected chi connectivity index (χ3v) is 2.56. The lowest BCUT2D eigenvalue weighted by Gasteiger charge is -2.21. The summed E-state index contributed by atoms with van der Waals surface area (Å²) in [5.74, 6) is 0.420. The minimum atomic E-state index is -0.462. The van der Waals surface area contributed by atoms with Crippen molar-refractivity contribution in [1.29, 1.82) is 0 Å². The SMILES string of the molecule is COC(C)(C)CC(=O)Nc1cccc(Br)n1. The Bertz CT molecular complexity index is 380. The maximum atomic E-state index is 11.7. The highest BCUT2D eigenvalue weighted by molar-refractivity contribution is 9.10. The van der Waals surface area contributed by atoms with Crippen LogP contribution in [-0.4, -0.2) is 23.6 Å². The number of carbonyl (C=O) groups is 1. The Balaban J connectivity index is 2.59. The normalized spacial score (nSPS) is 11.2. The summed E-state index contributed by atoms with van der Waals surface area (Å²) in [6.45, 7) is 3.72. The molecule has 0 radical (unpaired) electrons. The molecule has 0 atom stereocenters. The summed E-state index contributed by atoms with van der Waals surface area (Å²) in [5, 5.41) is 2.71. The van der Waals surface area contributed by atoms with E-state index in [-0.39, 0.29) is 12.3 Å². The first kappa shape index (κ1) is 13.1. The molecule has 0 aliphatic rings. The van der Waals surface area contributed by atoms with Crippen LogP contribution in [0, 0.1) is 0 Å². The average Bonchev–Trinajstić information content (AvgIpc) is 2.16. The molecule has 1 N–H and O–H groups in total. The van der Waals surface area contributed by atoms with Crippen LogP contribution in [0.15, 0.2) is 22.8 Å². The molecule has 0 saturated carbocycles. The number of methoxy groups -OCH3 is 1. The molecule has 4 nitrogen and oxygen atoms in total. The predicted octanol–water partition coefficient (Wildman–Crippen LogP) is 2.60. The number of aromatic nitrogens is 1. The highest BCUT2D eigenvalue weighted by Crippen LogP contribution is 2.15.